The van der Waals surface area contributed by atoms with Crippen molar-refractivity contribution in [2.24, 2.45) is 0 Å². The van der Waals surface area contributed by atoms with E-state index in [4.69, 9.17) is 19.4 Å². The predicted molar refractivity (Wildman–Crippen MR) is 178 cm³/mol. The maximum Gasteiger partial charge on any atom is 2.00 e. The van der Waals surface area contributed by atoms with Crippen molar-refractivity contribution in [1.82, 2.24) is 0 Å². The summed E-state index contributed by atoms with van der Waals surface area (Å²) >= 11 is 0. The molecule has 0 radical (unpaired) electrons. The number of ether oxygens (including phenoxy) is 2. The monoisotopic (exact) mass is 670 g/mol. The van der Waals surface area contributed by atoms with E-state index in [0.29, 0.717) is 0 Å². The first-order chi connectivity index (χ1) is 19.5. The molecule has 0 atom stereocenters. The van der Waals surface area contributed by atoms with Crippen LogP contribution in [-0.4, -0.2) is 25.3 Å². The number of carboxylic acid groups (broad SMARTS) is 1. The van der Waals surface area contributed by atoms with E-state index < -0.39 is 5.97 Å². The molecule has 0 saturated heterocycles. The fourth-order valence-electron chi connectivity index (χ4n) is 4.57. The Bertz CT molecular complexity index is 1360. The first-order valence-corrected chi connectivity index (χ1v) is 14.2. The Morgan fingerprint density at radius 1 is 0.690 bits per heavy atom. The van der Waals surface area contributed by atoms with Gasteiger partial charge in [-0.1, -0.05) is 117 Å². The van der Waals surface area contributed by atoms with E-state index in [1.54, 1.807) is 14.2 Å². The van der Waals surface area contributed by atoms with Crippen molar-refractivity contribution in [3.8, 4) is 22.6 Å². The van der Waals surface area contributed by atoms with Crippen LogP contribution in [0.1, 0.15) is 40.3 Å². The molecule has 4 rings (SSSR count). The van der Waals surface area contributed by atoms with E-state index in [9.17, 15) is 0 Å². The van der Waals surface area contributed by atoms with Crippen molar-refractivity contribution in [3.63, 3.8) is 0 Å². The standard InChI is InChI=1S/C18H18O2.C16H19P.C2H4O2.Ru/c1-5-13-9-7-11-15(19-3)17(13)18-14(6-2)10-8-12-16(18)20-4;1-11-5-12(2)8-15(7-11)17-16-9-13(3)6-14(4)10-16;1-2(3)4;/h5-12H,1-2H2,3-4H3;5-10,17H,1-4H3;1H3,(H,3,4);/q;;;+2. The minimum absolute atomic E-state index is 0. The molecular weight excluding hydrogens is 628 g/mol. The van der Waals surface area contributed by atoms with Crippen molar-refractivity contribution >= 4 is 37.3 Å². The van der Waals surface area contributed by atoms with Gasteiger partial charge in [0.05, 0.1) is 14.2 Å². The summed E-state index contributed by atoms with van der Waals surface area (Å²) < 4.78 is 11.0. The minimum atomic E-state index is -0.833. The molecule has 0 spiro atoms. The molecule has 0 fully saturated rings. The van der Waals surface area contributed by atoms with Crippen LogP contribution in [0.4, 0.5) is 0 Å². The zero-order valence-corrected chi connectivity index (χ0v) is 28.3. The number of rotatable bonds is 7. The van der Waals surface area contributed by atoms with Gasteiger partial charge in [-0.15, -0.1) is 0 Å². The number of methoxy groups -OCH3 is 2. The van der Waals surface area contributed by atoms with Crippen LogP contribution in [0.3, 0.4) is 0 Å². The second-order valence-electron chi connectivity index (χ2n) is 9.65. The zero-order chi connectivity index (χ0) is 30.5. The van der Waals surface area contributed by atoms with Crippen molar-refractivity contribution in [2.75, 3.05) is 14.2 Å². The number of carbonyl (C=O) groups is 1. The molecule has 4 aromatic rings. The predicted octanol–water partition coefficient (Wildman–Crippen LogP) is 8.29. The Labute approximate surface area is 266 Å². The van der Waals surface area contributed by atoms with Crippen molar-refractivity contribution < 1.29 is 38.9 Å². The number of hydrogen-bond acceptors (Lipinski definition) is 3. The van der Waals surface area contributed by atoms with E-state index in [0.717, 1.165) is 49.3 Å². The van der Waals surface area contributed by atoms with Gasteiger partial charge in [0.2, 0.25) is 0 Å². The Morgan fingerprint density at radius 2 is 1.00 bits per heavy atom. The molecular formula is C36H41O4PRu+2. The molecule has 220 valence electrons. The second-order valence-corrected chi connectivity index (χ2v) is 11.1. The van der Waals surface area contributed by atoms with E-state index in [1.165, 1.54) is 32.9 Å². The Hall–Kier alpha value is -3.52. The van der Waals surface area contributed by atoms with Gasteiger partial charge in [-0.2, -0.15) is 0 Å². The average molecular weight is 670 g/mol. The summed E-state index contributed by atoms with van der Waals surface area (Å²) in [4.78, 5) is 9.00. The van der Waals surface area contributed by atoms with Gasteiger partial charge in [0, 0.05) is 18.1 Å². The molecule has 0 aliphatic carbocycles. The molecule has 4 aromatic carbocycles. The van der Waals surface area contributed by atoms with Crippen LogP contribution in [-0.2, 0) is 24.3 Å². The largest absolute Gasteiger partial charge is 2.00 e. The molecule has 0 heterocycles. The van der Waals surface area contributed by atoms with Crippen molar-refractivity contribution in [2.45, 2.75) is 34.6 Å². The fourth-order valence-corrected chi connectivity index (χ4v) is 6.10. The van der Waals surface area contributed by atoms with Crippen molar-refractivity contribution in [3.05, 3.63) is 119 Å². The maximum atomic E-state index is 9.00. The molecule has 0 unspecified atom stereocenters. The summed E-state index contributed by atoms with van der Waals surface area (Å²) in [5, 5.41) is 10.3. The third kappa shape index (κ3) is 11.0. The Morgan fingerprint density at radius 3 is 1.26 bits per heavy atom. The summed E-state index contributed by atoms with van der Waals surface area (Å²) in [6, 6.07) is 25.4. The third-order valence-corrected chi connectivity index (χ3v) is 7.13. The minimum Gasteiger partial charge on any atom is -0.496 e. The maximum absolute atomic E-state index is 9.00. The Kier molecular flexibility index (Phi) is 15.7. The van der Waals surface area contributed by atoms with Gasteiger partial charge in [0.15, 0.2) is 0 Å². The quantitative estimate of drug-likeness (QED) is 0.159. The van der Waals surface area contributed by atoms with Crippen LogP contribution in [0, 0.1) is 27.7 Å². The van der Waals surface area contributed by atoms with Gasteiger partial charge in [-0.25, -0.2) is 0 Å². The number of hydrogen-bond donors (Lipinski definition) is 1. The summed E-state index contributed by atoms with van der Waals surface area (Å²) in [5.41, 5.74) is 9.37. The SMILES string of the molecule is C=Cc1cccc(OC)c1-c1c(C=C)cccc1OC.CC(=O)O.Cc1cc(C)cc(Pc2cc(C)cc(C)c2)c1.[Ru+2]. The van der Waals surface area contributed by atoms with Gasteiger partial charge < -0.3 is 14.6 Å². The summed E-state index contributed by atoms with van der Waals surface area (Å²) in [5.74, 6) is 0.741. The first kappa shape index (κ1) is 36.5. The van der Waals surface area contributed by atoms with Gasteiger partial charge in [0.25, 0.3) is 5.97 Å². The van der Waals surface area contributed by atoms with Crippen LogP contribution >= 0.6 is 8.58 Å². The van der Waals surface area contributed by atoms with Gasteiger partial charge in [-0.3, -0.25) is 4.79 Å². The summed E-state index contributed by atoms with van der Waals surface area (Å²) in [6.07, 6.45) is 3.63. The molecule has 0 aliphatic rings. The molecule has 6 heteroatoms. The molecule has 0 saturated carbocycles. The molecule has 4 nitrogen and oxygen atoms in total. The van der Waals surface area contributed by atoms with E-state index in [2.05, 4.69) is 77.3 Å². The molecule has 0 aliphatic heterocycles. The number of benzene rings is 4. The van der Waals surface area contributed by atoms with Crippen LogP contribution in [0.5, 0.6) is 11.5 Å². The molecule has 42 heavy (non-hydrogen) atoms. The van der Waals surface area contributed by atoms with E-state index in [1.807, 2.05) is 48.6 Å². The molecule has 0 amide bonds. The third-order valence-electron chi connectivity index (χ3n) is 5.98. The van der Waals surface area contributed by atoms with Crippen LogP contribution in [0.25, 0.3) is 23.3 Å². The second kappa shape index (κ2) is 18.1. The normalized spacial score (nSPS) is 9.60. The Balaban J connectivity index is 0.000000368. The van der Waals surface area contributed by atoms with Crippen LogP contribution in [0.15, 0.2) is 86.0 Å². The topological polar surface area (TPSA) is 55.8 Å². The average Bonchev–Trinajstić information content (AvgIpc) is 2.91. The number of aliphatic carboxylic acids is 1. The summed E-state index contributed by atoms with van der Waals surface area (Å²) in [7, 11) is 4.09. The molecule has 0 bridgehead atoms. The first-order valence-electron chi connectivity index (χ1n) is 13.2. The van der Waals surface area contributed by atoms with E-state index >= 15 is 0 Å². The van der Waals surface area contributed by atoms with Gasteiger partial charge >= 0.3 is 19.5 Å². The van der Waals surface area contributed by atoms with Crippen molar-refractivity contribution in [1.29, 1.82) is 0 Å². The summed E-state index contributed by atoms with van der Waals surface area (Å²) in [6.45, 7) is 17.5. The van der Waals surface area contributed by atoms with E-state index in [-0.39, 0.29) is 19.5 Å². The van der Waals surface area contributed by atoms with Crippen LogP contribution in [0.2, 0.25) is 0 Å². The number of carboxylic acids is 1. The van der Waals surface area contributed by atoms with Gasteiger partial charge in [-0.05, 0) is 61.6 Å². The van der Waals surface area contributed by atoms with Gasteiger partial charge in [0.1, 0.15) is 11.5 Å². The van der Waals surface area contributed by atoms with Crippen LogP contribution < -0.4 is 20.1 Å². The molecule has 0 aromatic heterocycles. The molecule has 1 N–H and O–H groups in total. The smallest absolute Gasteiger partial charge is 0.496 e. The number of aryl methyl sites for hydroxylation is 4. The zero-order valence-electron chi connectivity index (χ0n) is 25.5. The fraction of sp³-hybridized carbons (Fsp3) is 0.194.